The molecule has 0 amide bonds. The molecular formula is C50H30N6. The fourth-order valence-corrected chi connectivity index (χ4v) is 8.55. The number of benzene rings is 7. The van der Waals surface area contributed by atoms with Crippen molar-refractivity contribution in [2.45, 2.75) is 0 Å². The summed E-state index contributed by atoms with van der Waals surface area (Å²) >= 11 is 0. The number of para-hydroxylation sites is 4. The Morgan fingerprint density at radius 3 is 1.84 bits per heavy atom. The zero-order chi connectivity index (χ0) is 36.7. The van der Waals surface area contributed by atoms with Crippen LogP contribution in [0.4, 0.5) is 0 Å². The average molecular weight is 715 g/mol. The van der Waals surface area contributed by atoms with Gasteiger partial charge in [0.1, 0.15) is 5.65 Å². The van der Waals surface area contributed by atoms with Crippen molar-refractivity contribution in [1.82, 2.24) is 28.9 Å². The second-order valence-corrected chi connectivity index (χ2v) is 14.3. The Morgan fingerprint density at radius 2 is 1.04 bits per heavy atom. The molecule has 0 unspecified atom stereocenters. The molecule has 0 saturated carbocycles. The van der Waals surface area contributed by atoms with Gasteiger partial charge in [0.25, 0.3) is 0 Å². The summed E-state index contributed by atoms with van der Waals surface area (Å²) in [6.07, 6.45) is 1.92. The molecule has 5 aromatic heterocycles. The fraction of sp³-hybridized carbons (Fsp3) is 0. The summed E-state index contributed by atoms with van der Waals surface area (Å²) in [5, 5.41) is 6.96. The van der Waals surface area contributed by atoms with Crippen LogP contribution < -0.4 is 0 Å². The van der Waals surface area contributed by atoms with Crippen molar-refractivity contribution >= 4 is 71.1 Å². The van der Waals surface area contributed by atoms with Crippen LogP contribution in [0.2, 0.25) is 0 Å². The number of hydrogen-bond donors (Lipinski definition) is 0. The van der Waals surface area contributed by atoms with Crippen molar-refractivity contribution < 1.29 is 0 Å². The van der Waals surface area contributed by atoms with Gasteiger partial charge in [-0.3, -0.25) is 9.38 Å². The summed E-state index contributed by atoms with van der Waals surface area (Å²) in [6, 6.07) is 61.7. The minimum atomic E-state index is 0.673. The minimum absolute atomic E-state index is 0.673. The number of nitrogens with zero attached hydrogens (tertiary/aromatic N) is 6. The molecule has 0 radical (unpaired) electrons. The van der Waals surface area contributed by atoms with Crippen LogP contribution in [0.5, 0.6) is 0 Å². The van der Waals surface area contributed by atoms with E-state index in [1.807, 2.05) is 36.5 Å². The van der Waals surface area contributed by atoms with Crippen LogP contribution >= 0.6 is 0 Å². The number of aromatic nitrogens is 6. The molecular weight excluding hydrogens is 685 g/mol. The lowest BCUT2D eigenvalue weighted by molar-refractivity contribution is 1.17. The summed E-state index contributed by atoms with van der Waals surface area (Å²) in [4.78, 5) is 20.2. The van der Waals surface area contributed by atoms with Crippen molar-refractivity contribution in [1.29, 1.82) is 0 Å². The van der Waals surface area contributed by atoms with Crippen molar-refractivity contribution in [3.8, 4) is 39.6 Å². The molecule has 12 rings (SSSR count). The van der Waals surface area contributed by atoms with Gasteiger partial charge in [0.05, 0.1) is 44.5 Å². The Hall–Kier alpha value is -7.70. The highest BCUT2D eigenvalue weighted by atomic mass is 15.0. The number of pyridine rings is 2. The first-order valence-electron chi connectivity index (χ1n) is 18.8. The lowest BCUT2D eigenvalue weighted by Gasteiger charge is -2.13. The first-order chi connectivity index (χ1) is 27.8. The summed E-state index contributed by atoms with van der Waals surface area (Å²) in [7, 11) is 0. The molecule has 0 fully saturated rings. The zero-order valence-electron chi connectivity index (χ0n) is 30.0. The topological polar surface area (TPSA) is 60.9 Å². The van der Waals surface area contributed by atoms with E-state index >= 15 is 0 Å². The summed E-state index contributed by atoms with van der Waals surface area (Å²) < 4.78 is 4.71. The minimum Gasteiger partial charge on any atom is -0.309 e. The Balaban J connectivity index is 1.03. The molecule has 260 valence electrons. The molecule has 0 N–H and O–H groups in total. The first-order valence-corrected chi connectivity index (χ1v) is 18.8. The second-order valence-electron chi connectivity index (χ2n) is 14.3. The van der Waals surface area contributed by atoms with Gasteiger partial charge in [-0.25, -0.2) is 15.0 Å². The average Bonchev–Trinajstić information content (AvgIpc) is 3.82. The highest BCUT2D eigenvalue weighted by molar-refractivity contribution is 6.20. The van der Waals surface area contributed by atoms with Crippen molar-refractivity contribution in [2.24, 2.45) is 0 Å². The lowest BCUT2D eigenvalue weighted by atomic mass is 10.0. The molecule has 56 heavy (non-hydrogen) atoms. The van der Waals surface area contributed by atoms with Gasteiger partial charge in [-0.05, 0) is 78.2 Å². The quantitative estimate of drug-likeness (QED) is 0.170. The maximum absolute atomic E-state index is 5.18. The summed E-state index contributed by atoms with van der Waals surface area (Å²) in [5.41, 5.74) is 13.2. The van der Waals surface area contributed by atoms with Crippen molar-refractivity contribution in [3.63, 3.8) is 0 Å². The van der Waals surface area contributed by atoms with Crippen LogP contribution in [0.15, 0.2) is 182 Å². The molecule has 0 spiro atoms. The highest BCUT2D eigenvalue weighted by Crippen LogP contribution is 2.39. The summed E-state index contributed by atoms with van der Waals surface area (Å²) in [6.45, 7) is 0. The number of fused-ring (bicyclic) bond motifs is 12. The van der Waals surface area contributed by atoms with E-state index in [9.17, 15) is 0 Å². The van der Waals surface area contributed by atoms with E-state index in [0.717, 1.165) is 83.3 Å². The van der Waals surface area contributed by atoms with Crippen LogP contribution in [-0.4, -0.2) is 28.9 Å². The van der Waals surface area contributed by atoms with Gasteiger partial charge >= 0.3 is 0 Å². The van der Waals surface area contributed by atoms with Crippen LogP contribution in [0.3, 0.4) is 0 Å². The van der Waals surface area contributed by atoms with E-state index in [2.05, 4.69) is 155 Å². The second kappa shape index (κ2) is 11.9. The first kappa shape index (κ1) is 30.7. The van der Waals surface area contributed by atoms with E-state index in [1.165, 1.54) is 21.5 Å². The molecule has 0 aliphatic carbocycles. The molecule has 6 heteroatoms. The standard InChI is InChI=1S/C50H30N6/c1-2-12-31(13-3-1)41-27-24-33(30-51-41)48-38-17-6-8-18-42(38)52-49(54-48)32-22-25-34(26-23-32)55-44-20-10-7-15-36(44)40-28-39-35-14-4-5-16-37(35)50-53-43-19-9-11-21-45(43)56(50)47(39)29-46(40)55/h1-30H. The maximum atomic E-state index is 5.18. The lowest BCUT2D eigenvalue weighted by Crippen LogP contribution is -1.98. The smallest absolute Gasteiger partial charge is 0.160 e. The molecule has 7 aromatic carbocycles. The van der Waals surface area contributed by atoms with E-state index in [0.29, 0.717) is 5.82 Å². The normalized spacial score (nSPS) is 11.9. The summed E-state index contributed by atoms with van der Waals surface area (Å²) in [5.74, 6) is 0.673. The third-order valence-corrected chi connectivity index (χ3v) is 11.1. The van der Waals surface area contributed by atoms with Crippen LogP contribution in [0, 0.1) is 0 Å². The van der Waals surface area contributed by atoms with E-state index in [1.54, 1.807) is 0 Å². The Kier molecular flexibility index (Phi) is 6.53. The monoisotopic (exact) mass is 714 g/mol. The van der Waals surface area contributed by atoms with Crippen LogP contribution in [0.1, 0.15) is 0 Å². The maximum Gasteiger partial charge on any atom is 0.160 e. The largest absolute Gasteiger partial charge is 0.309 e. The molecule has 12 aromatic rings. The van der Waals surface area contributed by atoms with Gasteiger partial charge in [0, 0.05) is 55.5 Å². The molecule has 0 bridgehead atoms. The predicted octanol–water partition coefficient (Wildman–Crippen LogP) is 12.2. The van der Waals surface area contributed by atoms with Gasteiger partial charge in [-0.15, -0.1) is 0 Å². The van der Waals surface area contributed by atoms with E-state index in [4.69, 9.17) is 19.9 Å². The van der Waals surface area contributed by atoms with Crippen LogP contribution in [0.25, 0.3) is 111 Å². The van der Waals surface area contributed by atoms with Crippen LogP contribution in [-0.2, 0) is 0 Å². The SMILES string of the molecule is c1ccc(-c2ccc(-c3nc(-c4ccc(-n5c6ccccc6c6cc7c8ccccc8c8nc9ccccc9n8c7cc65)cc4)nc4ccccc34)cn2)cc1. The predicted molar refractivity (Wildman–Crippen MR) is 229 cm³/mol. The highest BCUT2D eigenvalue weighted by Gasteiger charge is 2.19. The molecule has 0 aliphatic heterocycles. The third-order valence-electron chi connectivity index (χ3n) is 11.1. The third kappa shape index (κ3) is 4.56. The molecule has 0 saturated heterocycles. The Bertz CT molecular complexity index is 3510. The molecule has 0 aliphatic rings. The van der Waals surface area contributed by atoms with E-state index < -0.39 is 0 Å². The number of rotatable bonds is 4. The van der Waals surface area contributed by atoms with Crippen molar-refractivity contribution in [3.05, 3.63) is 182 Å². The van der Waals surface area contributed by atoms with Gasteiger partial charge in [0.2, 0.25) is 0 Å². The van der Waals surface area contributed by atoms with E-state index in [-0.39, 0.29) is 0 Å². The van der Waals surface area contributed by atoms with Gasteiger partial charge < -0.3 is 4.57 Å². The molecule has 6 nitrogen and oxygen atoms in total. The number of hydrogen-bond acceptors (Lipinski definition) is 4. The molecule has 0 atom stereocenters. The fourth-order valence-electron chi connectivity index (χ4n) is 8.55. The molecule has 5 heterocycles. The van der Waals surface area contributed by atoms with Crippen molar-refractivity contribution in [2.75, 3.05) is 0 Å². The van der Waals surface area contributed by atoms with Gasteiger partial charge in [0.15, 0.2) is 5.82 Å². The zero-order valence-corrected chi connectivity index (χ0v) is 30.0. The Labute approximate surface area is 320 Å². The number of imidazole rings is 1. The Morgan fingerprint density at radius 1 is 0.375 bits per heavy atom. The van der Waals surface area contributed by atoms with Gasteiger partial charge in [-0.2, -0.15) is 0 Å². The van der Waals surface area contributed by atoms with Gasteiger partial charge in [-0.1, -0.05) is 103 Å².